The molecule has 0 heterocycles. The van der Waals surface area contributed by atoms with Crippen LogP contribution in [0.4, 0.5) is 31.5 Å². The summed E-state index contributed by atoms with van der Waals surface area (Å²) < 4.78 is 35.9. The van der Waals surface area contributed by atoms with Gasteiger partial charge in [0.25, 0.3) is 11.4 Å². The van der Waals surface area contributed by atoms with Gasteiger partial charge in [0.2, 0.25) is 0 Å². The number of hydrogen-bond donors (Lipinski definition) is 2. The smallest absolute Gasteiger partial charge is 0.330 e. The van der Waals surface area contributed by atoms with Crippen molar-refractivity contribution in [2.45, 2.75) is 39.5 Å². The lowest BCUT2D eigenvalue weighted by Crippen LogP contribution is -2.03. The monoisotopic (exact) mass is 564 g/mol. The summed E-state index contributed by atoms with van der Waals surface area (Å²) in [6, 6.07) is 3.40. The highest BCUT2D eigenvalue weighted by atomic mass is 19.1. The molecule has 0 saturated heterocycles. The van der Waals surface area contributed by atoms with Crippen LogP contribution in [-0.4, -0.2) is 35.0 Å². The van der Waals surface area contributed by atoms with E-state index in [1.165, 1.54) is 0 Å². The molecule has 0 unspecified atom stereocenters. The van der Waals surface area contributed by atoms with Crippen molar-refractivity contribution in [1.82, 2.24) is 0 Å². The predicted octanol–water partition coefficient (Wildman–Crippen LogP) is 5.35. The number of halogens is 2. The van der Waals surface area contributed by atoms with E-state index in [2.05, 4.69) is 0 Å². The van der Waals surface area contributed by atoms with Gasteiger partial charge in [0.15, 0.2) is 0 Å². The van der Waals surface area contributed by atoms with Gasteiger partial charge in [0.05, 0.1) is 46.3 Å². The summed E-state index contributed by atoms with van der Waals surface area (Å²) in [6.07, 6.45) is 7.61. The third kappa shape index (κ3) is 11.2. The highest BCUT2D eigenvalue weighted by Gasteiger charge is 2.18. The SMILES string of the molecule is CCCCOC(=O)/C=C/c1c(N)cc(F)cc1[N+](=O)[O-].CCCCOC(=O)/C=C\c1c(N)cc(F)cc1[N+](=O)[O-]. The number of ether oxygens (including phenoxy) is 2. The average molecular weight is 565 g/mol. The third-order valence-corrected chi connectivity index (χ3v) is 4.96. The Bertz CT molecular complexity index is 1180. The van der Waals surface area contributed by atoms with Crippen LogP contribution in [0, 0.1) is 31.9 Å². The number of anilines is 2. The first-order chi connectivity index (χ1) is 18.9. The molecule has 0 saturated carbocycles. The van der Waals surface area contributed by atoms with Gasteiger partial charge in [-0.3, -0.25) is 20.2 Å². The second kappa shape index (κ2) is 16.9. The average Bonchev–Trinajstić information content (AvgIpc) is 2.87. The van der Waals surface area contributed by atoms with Crippen molar-refractivity contribution in [3.05, 3.63) is 79.4 Å². The normalized spacial score (nSPS) is 10.7. The van der Waals surface area contributed by atoms with Gasteiger partial charge < -0.3 is 20.9 Å². The lowest BCUT2D eigenvalue weighted by Gasteiger charge is -2.03. The van der Waals surface area contributed by atoms with Crippen LogP contribution in [0.2, 0.25) is 0 Å². The molecule has 0 atom stereocenters. The number of rotatable bonds is 12. The zero-order chi connectivity index (χ0) is 30.2. The van der Waals surface area contributed by atoms with Crippen LogP contribution in [0.25, 0.3) is 12.2 Å². The van der Waals surface area contributed by atoms with Crippen LogP contribution in [0.3, 0.4) is 0 Å². The van der Waals surface area contributed by atoms with E-state index in [1.54, 1.807) is 0 Å². The Kier molecular flexibility index (Phi) is 14.0. The Hall–Kier alpha value is -4.88. The lowest BCUT2D eigenvalue weighted by atomic mass is 10.1. The summed E-state index contributed by atoms with van der Waals surface area (Å²) >= 11 is 0. The topological polar surface area (TPSA) is 191 Å². The van der Waals surface area contributed by atoms with Gasteiger partial charge in [0.1, 0.15) is 11.6 Å². The summed E-state index contributed by atoms with van der Waals surface area (Å²) in [4.78, 5) is 42.8. The minimum atomic E-state index is -0.808. The van der Waals surface area contributed by atoms with Gasteiger partial charge in [-0.25, -0.2) is 18.4 Å². The molecule has 2 aromatic rings. The summed E-state index contributed by atoms with van der Waals surface area (Å²) in [5.41, 5.74) is 9.76. The number of benzene rings is 2. The highest BCUT2D eigenvalue weighted by molar-refractivity contribution is 5.90. The van der Waals surface area contributed by atoms with E-state index in [0.29, 0.717) is 0 Å². The minimum absolute atomic E-state index is 0.0242. The van der Waals surface area contributed by atoms with Crippen LogP contribution >= 0.6 is 0 Å². The Morgan fingerprint density at radius 1 is 0.775 bits per heavy atom. The van der Waals surface area contributed by atoms with E-state index in [4.69, 9.17) is 20.9 Å². The molecule has 2 aromatic carbocycles. The standard InChI is InChI=1S/2C13H15FN2O4/c2*1-2-3-6-20-13(17)5-4-10-11(15)7-9(14)8-12(10)16(18)19/h2*4-5,7-8H,2-3,6,15H2,1H3/b5-4+;5-4-. The van der Waals surface area contributed by atoms with E-state index in [1.807, 2.05) is 13.8 Å². The van der Waals surface area contributed by atoms with Crippen molar-refractivity contribution in [2.24, 2.45) is 0 Å². The van der Waals surface area contributed by atoms with Gasteiger partial charge in [-0.15, -0.1) is 0 Å². The van der Waals surface area contributed by atoms with Crippen molar-refractivity contribution >= 4 is 46.8 Å². The second-order valence-corrected chi connectivity index (χ2v) is 8.08. The van der Waals surface area contributed by atoms with Gasteiger partial charge >= 0.3 is 11.9 Å². The molecular weight excluding hydrogens is 534 g/mol. The Morgan fingerprint density at radius 2 is 1.12 bits per heavy atom. The summed E-state index contributed by atoms with van der Waals surface area (Å²) in [5, 5.41) is 21.6. The highest BCUT2D eigenvalue weighted by Crippen LogP contribution is 2.28. The molecule has 0 bridgehead atoms. The predicted molar refractivity (Wildman–Crippen MR) is 145 cm³/mol. The van der Waals surface area contributed by atoms with E-state index in [-0.39, 0.29) is 35.7 Å². The number of nitrogen functional groups attached to an aromatic ring is 2. The van der Waals surface area contributed by atoms with Gasteiger partial charge in [-0.1, -0.05) is 26.7 Å². The van der Waals surface area contributed by atoms with Crippen molar-refractivity contribution in [2.75, 3.05) is 24.7 Å². The summed E-state index contributed by atoms with van der Waals surface area (Å²) in [5.74, 6) is -2.87. The molecule has 0 aliphatic carbocycles. The second-order valence-electron chi connectivity index (χ2n) is 8.08. The van der Waals surface area contributed by atoms with Crippen molar-refractivity contribution in [1.29, 1.82) is 0 Å². The number of hydrogen-bond acceptors (Lipinski definition) is 10. The van der Waals surface area contributed by atoms with Crippen LogP contribution in [-0.2, 0) is 19.1 Å². The summed E-state index contributed by atoms with van der Waals surface area (Å²) in [6.45, 7) is 4.46. The Balaban J connectivity index is 0.000000400. The van der Waals surface area contributed by atoms with E-state index in [0.717, 1.165) is 74.3 Å². The third-order valence-electron chi connectivity index (χ3n) is 4.96. The van der Waals surface area contributed by atoms with Crippen LogP contribution in [0.1, 0.15) is 50.7 Å². The van der Waals surface area contributed by atoms with Crippen LogP contribution in [0.15, 0.2) is 36.4 Å². The number of nitrogens with two attached hydrogens (primary N) is 2. The molecule has 0 spiro atoms. The molecular formula is C26H30F2N4O8. The van der Waals surface area contributed by atoms with Crippen molar-refractivity contribution < 1.29 is 37.7 Å². The van der Waals surface area contributed by atoms with Gasteiger partial charge in [-0.2, -0.15) is 0 Å². The molecule has 0 radical (unpaired) electrons. The number of nitro benzene ring substituents is 2. The Morgan fingerprint density at radius 3 is 1.43 bits per heavy atom. The van der Waals surface area contributed by atoms with Crippen molar-refractivity contribution in [3.63, 3.8) is 0 Å². The zero-order valence-corrected chi connectivity index (χ0v) is 21.9. The van der Waals surface area contributed by atoms with Gasteiger partial charge in [0, 0.05) is 23.5 Å². The maximum Gasteiger partial charge on any atom is 0.330 e. The number of nitrogens with zero attached hydrogens (tertiary/aromatic N) is 2. The largest absolute Gasteiger partial charge is 0.463 e. The molecule has 216 valence electrons. The number of esters is 2. The first-order valence-electron chi connectivity index (χ1n) is 12.1. The molecule has 0 fully saturated rings. The number of nitro groups is 2. The molecule has 0 amide bonds. The van der Waals surface area contributed by atoms with Crippen molar-refractivity contribution in [3.8, 4) is 0 Å². The fraction of sp³-hybridized carbons (Fsp3) is 0.308. The molecule has 40 heavy (non-hydrogen) atoms. The van der Waals surface area contributed by atoms with Gasteiger partial charge in [-0.05, 0) is 37.1 Å². The zero-order valence-electron chi connectivity index (χ0n) is 21.9. The van der Waals surface area contributed by atoms with E-state index in [9.17, 15) is 38.6 Å². The lowest BCUT2D eigenvalue weighted by molar-refractivity contribution is -0.385. The fourth-order valence-electron chi connectivity index (χ4n) is 2.95. The number of carbonyl (C=O) groups excluding carboxylic acids is 2. The maximum absolute atomic E-state index is 13.1. The minimum Gasteiger partial charge on any atom is -0.463 e. The Labute approximate surface area is 228 Å². The maximum atomic E-state index is 13.1. The fourth-order valence-corrected chi connectivity index (χ4v) is 2.95. The van der Waals surface area contributed by atoms with E-state index < -0.39 is 44.8 Å². The molecule has 12 nitrogen and oxygen atoms in total. The summed E-state index contributed by atoms with van der Waals surface area (Å²) in [7, 11) is 0. The number of unbranched alkanes of at least 4 members (excludes halogenated alkanes) is 2. The molecule has 0 aromatic heterocycles. The molecule has 2 rings (SSSR count). The molecule has 4 N–H and O–H groups in total. The quantitative estimate of drug-likeness (QED) is 0.0848. The first kappa shape index (κ1) is 33.1. The van der Waals surface area contributed by atoms with Crippen LogP contribution in [0.5, 0.6) is 0 Å². The first-order valence-corrected chi connectivity index (χ1v) is 12.1. The molecule has 0 aliphatic rings. The molecule has 14 heteroatoms. The molecule has 0 aliphatic heterocycles. The van der Waals surface area contributed by atoms with Crippen LogP contribution < -0.4 is 11.5 Å². The number of carbonyl (C=O) groups is 2. The van der Waals surface area contributed by atoms with E-state index >= 15 is 0 Å².